The van der Waals surface area contributed by atoms with Gasteiger partial charge in [-0.3, -0.25) is 4.79 Å². The number of carbonyl (C=O) groups excluding carboxylic acids is 1. The minimum Gasteiger partial charge on any atom is -0.497 e. The second-order valence-corrected chi connectivity index (χ2v) is 6.76. The smallest absolute Gasteiger partial charge is 0.224 e. The highest BCUT2D eigenvalue weighted by molar-refractivity contribution is 5.85. The van der Waals surface area contributed by atoms with Crippen molar-refractivity contribution in [1.29, 1.82) is 0 Å². The molecule has 0 radical (unpaired) electrons. The van der Waals surface area contributed by atoms with E-state index in [9.17, 15) is 4.79 Å². The Balaban J connectivity index is 0.00000225. The summed E-state index contributed by atoms with van der Waals surface area (Å²) < 4.78 is 11.5. The van der Waals surface area contributed by atoms with Crippen molar-refractivity contribution in [2.24, 2.45) is 5.92 Å². The average molecular weight is 369 g/mol. The predicted octanol–water partition coefficient (Wildman–Crippen LogP) is 3.05. The fourth-order valence-electron chi connectivity index (χ4n) is 3.51. The molecule has 2 fully saturated rings. The first kappa shape index (κ1) is 19.9. The van der Waals surface area contributed by atoms with E-state index in [-0.39, 0.29) is 30.3 Å². The van der Waals surface area contributed by atoms with E-state index in [0.717, 1.165) is 55.8 Å². The van der Waals surface area contributed by atoms with Crippen molar-refractivity contribution in [3.8, 4) is 11.5 Å². The maximum atomic E-state index is 12.3. The highest BCUT2D eigenvalue weighted by atomic mass is 35.5. The molecule has 1 amide bonds. The molecule has 0 spiro atoms. The Morgan fingerprint density at radius 2 is 2.04 bits per heavy atom. The van der Waals surface area contributed by atoms with E-state index in [1.165, 1.54) is 12.8 Å². The average Bonchev–Trinajstić information content (AvgIpc) is 3.14. The van der Waals surface area contributed by atoms with Gasteiger partial charge in [0.15, 0.2) is 0 Å². The molecule has 1 heterocycles. The van der Waals surface area contributed by atoms with Crippen LogP contribution in [-0.4, -0.2) is 32.2 Å². The van der Waals surface area contributed by atoms with Crippen molar-refractivity contribution in [1.82, 2.24) is 10.6 Å². The first-order chi connectivity index (χ1) is 11.8. The van der Waals surface area contributed by atoms with Crippen molar-refractivity contribution in [2.75, 3.05) is 20.2 Å². The third-order valence-electron chi connectivity index (χ3n) is 4.99. The molecule has 6 heteroatoms. The maximum Gasteiger partial charge on any atom is 0.224 e. The molecule has 1 atom stereocenters. The largest absolute Gasteiger partial charge is 0.497 e. The molecule has 0 aromatic heterocycles. The second-order valence-electron chi connectivity index (χ2n) is 6.76. The van der Waals surface area contributed by atoms with Gasteiger partial charge in [-0.25, -0.2) is 0 Å². The van der Waals surface area contributed by atoms with E-state index in [1.807, 2.05) is 18.2 Å². The Bertz CT molecular complexity index is 556. The summed E-state index contributed by atoms with van der Waals surface area (Å²) in [6.07, 6.45) is 7.00. The van der Waals surface area contributed by atoms with Crippen molar-refractivity contribution in [3.63, 3.8) is 0 Å². The Kier molecular flexibility index (Phi) is 7.85. The zero-order valence-electron chi connectivity index (χ0n) is 14.9. The summed E-state index contributed by atoms with van der Waals surface area (Å²) in [5.74, 6) is 1.83. The van der Waals surface area contributed by atoms with Gasteiger partial charge < -0.3 is 20.1 Å². The van der Waals surface area contributed by atoms with Crippen LogP contribution >= 0.6 is 12.4 Å². The summed E-state index contributed by atoms with van der Waals surface area (Å²) in [7, 11) is 1.66. The molecule has 1 unspecified atom stereocenters. The number of amides is 1. The summed E-state index contributed by atoms with van der Waals surface area (Å²) in [6, 6.07) is 5.84. The molecular formula is C19H29ClN2O3. The van der Waals surface area contributed by atoms with Crippen LogP contribution < -0.4 is 20.1 Å². The van der Waals surface area contributed by atoms with Crippen LogP contribution in [0.3, 0.4) is 0 Å². The Hall–Kier alpha value is -1.46. The molecule has 2 aliphatic rings. The SMILES string of the molecule is COc1ccc(CNC(=O)C2CCCNC2)c(OC2CCCC2)c1.Cl. The lowest BCUT2D eigenvalue weighted by molar-refractivity contribution is -0.125. The van der Waals surface area contributed by atoms with E-state index >= 15 is 0 Å². The van der Waals surface area contributed by atoms with E-state index in [0.29, 0.717) is 6.54 Å². The number of hydrogen-bond donors (Lipinski definition) is 2. The topological polar surface area (TPSA) is 59.6 Å². The highest BCUT2D eigenvalue weighted by Gasteiger charge is 2.22. The second kappa shape index (κ2) is 9.88. The zero-order valence-corrected chi connectivity index (χ0v) is 15.7. The van der Waals surface area contributed by atoms with Crippen LogP contribution in [0, 0.1) is 5.92 Å². The number of carbonyl (C=O) groups is 1. The molecule has 0 bridgehead atoms. The van der Waals surface area contributed by atoms with E-state index in [4.69, 9.17) is 9.47 Å². The molecule has 140 valence electrons. The fraction of sp³-hybridized carbons (Fsp3) is 0.632. The van der Waals surface area contributed by atoms with E-state index in [2.05, 4.69) is 10.6 Å². The van der Waals surface area contributed by atoms with Crippen LogP contribution in [0.4, 0.5) is 0 Å². The van der Waals surface area contributed by atoms with Crippen molar-refractivity contribution in [2.45, 2.75) is 51.2 Å². The van der Waals surface area contributed by atoms with Gasteiger partial charge in [-0.15, -0.1) is 12.4 Å². The fourth-order valence-corrected chi connectivity index (χ4v) is 3.51. The summed E-state index contributed by atoms with van der Waals surface area (Å²) in [4.78, 5) is 12.3. The van der Waals surface area contributed by atoms with Crippen molar-refractivity contribution in [3.05, 3.63) is 23.8 Å². The first-order valence-corrected chi connectivity index (χ1v) is 9.08. The molecule has 3 rings (SSSR count). The zero-order chi connectivity index (χ0) is 16.8. The molecule has 1 aromatic rings. The molecule has 1 saturated heterocycles. The third-order valence-corrected chi connectivity index (χ3v) is 4.99. The monoisotopic (exact) mass is 368 g/mol. The highest BCUT2D eigenvalue weighted by Crippen LogP contribution is 2.30. The van der Waals surface area contributed by atoms with Gasteiger partial charge in [0, 0.05) is 24.7 Å². The van der Waals surface area contributed by atoms with Crippen LogP contribution in [0.25, 0.3) is 0 Å². The minimum absolute atomic E-state index is 0. The van der Waals surface area contributed by atoms with Crippen LogP contribution in [0.1, 0.15) is 44.1 Å². The van der Waals surface area contributed by atoms with Crippen LogP contribution in [0.15, 0.2) is 18.2 Å². The molecule has 1 aliphatic carbocycles. The van der Waals surface area contributed by atoms with Gasteiger partial charge in [0.2, 0.25) is 5.91 Å². The number of benzene rings is 1. The molecule has 2 N–H and O–H groups in total. The lowest BCUT2D eigenvalue weighted by Crippen LogP contribution is -2.40. The number of nitrogens with one attached hydrogen (secondary N) is 2. The third kappa shape index (κ3) is 5.51. The van der Waals surface area contributed by atoms with Gasteiger partial charge in [-0.2, -0.15) is 0 Å². The number of rotatable bonds is 6. The molecule has 1 aromatic carbocycles. The van der Waals surface area contributed by atoms with E-state index in [1.54, 1.807) is 7.11 Å². The molecule has 25 heavy (non-hydrogen) atoms. The van der Waals surface area contributed by atoms with Gasteiger partial charge in [0.1, 0.15) is 11.5 Å². The van der Waals surface area contributed by atoms with E-state index < -0.39 is 0 Å². The lowest BCUT2D eigenvalue weighted by atomic mass is 9.99. The van der Waals surface area contributed by atoms with Crippen LogP contribution in [0.5, 0.6) is 11.5 Å². The molecule has 5 nitrogen and oxygen atoms in total. The summed E-state index contributed by atoms with van der Waals surface area (Å²) in [5, 5.41) is 6.36. The minimum atomic E-state index is 0. The number of piperidine rings is 1. The van der Waals surface area contributed by atoms with Gasteiger partial charge in [0.05, 0.1) is 19.1 Å². The predicted molar refractivity (Wildman–Crippen MR) is 101 cm³/mol. The number of ether oxygens (including phenoxy) is 2. The van der Waals surface area contributed by atoms with Gasteiger partial charge in [0.25, 0.3) is 0 Å². The number of hydrogen-bond acceptors (Lipinski definition) is 4. The lowest BCUT2D eigenvalue weighted by Gasteiger charge is -2.22. The molecule has 1 saturated carbocycles. The van der Waals surface area contributed by atoms with Gasteiger partial charge >= 0.3 is 0 Å². The van der Waals surface area contributed by atoms with Crippen LogP contribution in [-0.2, 0) is 11.3 Å². The maximum absolute atomic E-state index is 12.3. The van der Waals surface area contributed by atoms with Crippen LogP contribution in [0.2, 0.25) is 0 Å². The molecular weight excluding hydrogens is 340 g/mol. The quantitative estimate of drug-likeness (QED) is 0.810. The number of halogens is 1. The van der Waals surface area contributed by atoms with Crippen molar-refractivity contribution >= 4 is 18.3 Å². The summed E-state index contributed by atoms with van der Waals surface area (Å²) in [6.45, 7) is 2.29. The normalized spacial score (nSPS) is 20.6. The van der Waals surface area contributed by atoms with Gasteiger partial charge in [-0.05, 0) is 57.2 Å². The standard InChI is InChI=1S/C19H28N2O3.ClH/c1-23-17-9-8-14(18(11-17)24-16-6-2-3-7-16)13-21-19(22)15-5-4-10-20-12-15;/h8-9,11,15-16,20H,2-7,10,12-13H2,1H3,(H,21,22);1H. The first-order valence-electron chi connectivity index (χ1n) is 9.08. The summed E-state index contributed by atoms with van der Waals surface area (Å²) in [5.41, 5.74) is 1.01. The summed E-state index contributed by atoms with van der Waals surface area (Å²) >= 11 is 0. The van der Waals surface area contributed by atoms with Crippen molar-refractivity contribution < 1.29 is 14.3 Å². The molecule has 1 aliphatic heterocycles. The number of methoxy groups -OCH3 is 1. The Morgan fingerprint density at radius 3 is 2.72 bits per heavy atom. The van der Waals surface area contributed by atoms with Gasteiger partial charge in [-0.1, -0.05) is 0 Å². The Labute approximate surface area is 156 Å². The Morgan fingerprint density at radius 1 is 1.24 bits per heavy atom.